The number of alkyl halides is 3. The van der Waals surface area contributed by atoms with E-state index in [1.165, 1.54) is 19.3 Å². The van der Waals surface area contributed by atoms with Gasteiger partial charge in [0.25, 0.3) is 0 Å². The van der Waals surface area contributed by atoms with Gasteiger partial charge in [0, 0.05) is 65.7 Å². The molecule has 1 amide bonds. The minimum Gasteiger partial charge on any atom is -0.383 e. The van der Waals surface area contributed by atoms with Crippen LogP contribution in [0.1, 0.15) is 13.8 Å². The number of aromatic nitrogens is 6. The number of halogens is 3. The van der Waals surface area contributed by atoms with Crippen molar-refractivity contribution in [3.63, 3.8) is 0 Å². The Kier molecular flexibility index (Phi) is 7.61. The van der Waals surface area contributed by atoms with E-state index in [4.69, 9.17) is 10.5 Å². The van der Waals surface area contributed by atoms with Crippen molar-refractivity contribution in [1.29, 1.82) is 0 Å². The number of hydrogen-bond donors (Lipinski definition) is 1. The molecule has 2 N–H and O–H groups in total. The third-order valence-electron chi connectivity index (χ3n) is 6.08. The van der Waals surface area contributed by atoms with Crippen LogP contribution in [0.4, 0.5) is 30.9 Å². The summed E-state index contributed by atoms with van der Waals surface area (Å²) >= 11 is 0. The molecule has 0 bridgehead atoms. The number of carbonyl (C=O) groups is 1. The lowest BCUT2D eigenvalue weighted by Crippen LogP contribution is -2.49. The molecule has 12 nitrogen and oxygen atoms in total. The lowest BCUT2D eigenvalue weighted by atomic mass is 10.3. The van der Waals surface area contributed by atoms with Gasteiger partial charge in [0.1, 0.15) is 6.54 Å². The molecule has 3 aromatic heterocycles. The van der Waals surface area contributed by atoms with Gasteiger partial charge in [-0.15, -0.1) is 0 Å². The van der Waals surface area contributed by atoms with Crippen molar-refractivity contribution in [1.82, 2.24) is 34.4 Å². The first-order valence-corrected chi connectivity index (χ1v) is 11.8. The van der Waals surface area contributed by atoms with E-state index in [1.807, 2.05) is 11.8 Å². The highest BCUT2D eigenvalue weighted by molar-refractivity contribution is 5.88. The van der Waals surface area contributed by atoms with E-state index in [9.17, 15) is 18.0 Å². The highest BCUT2D eigenvalue weighted by Crippen LogP contribution is 2.33. The number of fused-ring (bicyclic) bond motifs is 1. The van der Waals surface area contributed by atoms with E-state index >= 15 is 0 Å². The van der Waals surface area contributed by atoms with Gasteiger partial charge in [0.05, 0.1) is 12.2 Å². The van der Waals surface area contributed by atoms with Crippen LogP contribution in [0.15, 0.2) is 12.4 Å². The number of amides is 1. The molecule has 1 fully saturated rings. The van der Waals surface area contributed by atoms with Gasteiger partial charge in [-0.3, -0.25) is 9.36 Å². The number of methoxy groups -OCH3 is 1. The van der Waals surface area contributed by atoms with E-state index in [1.54, 1.807) is 16.9 Å². The van der Waals surface area contributed by atoms with Crippen molar-refractivity contribution in [2.24, 2.45) is 0 Å². The van der Waals surface area contributed by atoms with E-state index in [0.29, 0.717) is 57.3 Å². The molecule has 4 rings (SSSR count). The number of nitrogens with zero attached hydrogens (tertiary/aromatic N) is 9. The van der Waals surface area contributed by atoms with E-state index < -0.39 is 12.7 Å². The van der Waals surface area contributed by atoms with Crippen LogP contribution in [0, 0.1) is 0 Å². The molecule has 0 aromatic carbocycles. The molecule has 1 aliphatic rings. The number of hydrogen-bond acceptors (Lipinski definition) is 10. The summed E-state index contributed by atoms with van der Waals surface area (Å²) in [7, 11) is 1.57. The highest BCUT2D eigenvalue weighted by Gasteiger charge is 2.34. The molecule has 0 spiro atoms. The van der Waals surface area contributed by atoms with Gasteiger partial charge < -0.3 is 25.2 Å². The lowest BCUT2D eigenvalue weighted by Gasteiger charge is -2.35. The number of carbonyl (C=O) groups excluding carboxylic acids is 1. The Balaban J connectivity index is 1.91. The molecule has 1 aliphatic heterocycles. The molecule has 37 heavy (non-hydrogen) atoms. The maximum atomic E-state index is 13.8. The molecule has 3 aromatic rings. The van der Waals surface area contributed by atoms with Gasteiger partial charge in [-0.2, -0.15) is 13.2 Å². The second kappa shape index (κ2) is 10.7. The third kappa shape index (κ3) is 5.81. The fourth-order valence-corrected chi connectivity index (χ4v) is 4.18. The fraction of sp³-hybridized carbons (Fsp3) is 0.545. The van der Waals surface area contributed by atoms with Gasteiger partial charge in [-0.25, -0.2) is 24.9 Å². The monoisotopic (exact) mass is 522 g/mol. The Bertz CT molecular complexity index is 1240. The van der Waals surface area contributed by atoms with Crippen molar-refractivity contribution in [2.75, 3.05) is 68.5 Å². The Hall–Kier alpha value is -3.75. The first-order chi connectivity index (χ1) is 17.6. The third-order valence-corrected chi connectivity index (χ3v) is 6.08. The van der Waals surface area contributed by atoms with E-state index in [2.05, 4.69) is 24.9 Å². The van der Waals surface area contributed by atoms with Crippen LogP contribution in [0.25, 0.3) is 22.6 Å². The summed E-state index contributed by atoms with van der Waals surface area (Å²) in [6.45, 7) is 4.85. The largest absolute Gasteiger partial charge is 0.406 e. The molecule has 0 atom stereocenters. The number of nitrogen functional groups attached to an aromatic ring is 1. The van der Waals surface area contributed by atoms with Crippen LogP contribution in [0.3, 0.4) is 0 Å². The summed E-state index contributed by atoms with van der Waals surface area (Å²) in [5.74, 6) is 0.619. The average Bonchev–Trinajstić information content (AvgIpc) is 3.21. The molecule has 0 unspecified atom stereocenters. The summed E-state index contributed by atoms with van der Waals surface area (Å²) in [6, 6.07) is 0. The number of imidazole rings is 1. The standard InChI is InChI=1S/C22H29F3N10O2/c1-4-32(9-10-37-3)18-16-19(31-17(30-18)15-11-27-20(26)28-12-15)35(13-22(23,24)25)21(29-16)34-7-5-33(6-8-34)14(2)36/h11-12H,4-10,13H2,1-3H3,(H2,26,27,28). The van der Waals surface area contributed by atoms with Gasteiger partial charge in [0.15, 0.2) is 22.8 Å². The number of rotatable bonds is 8. The Morgan fingerprint density at radius 3 is 2.38 bits per heavy atom. The predicted molar refractivity (Wildman–Crippen MR) is 131 cm³/mol. The van der Waals surface area contributed by atoms with Crippen molar-refractivity contribution < 1.29 is 22.7 Å². The number of piperazine rings is 1. The minimum absolute atomic E-state index is 0.0361. The zero-order valence-corrected chi connectivity index (χ0v) is 20.9. The maximum absolute atomic E-state index is 13.8. The second-order valence-electron chi connectivity index (χ2n) is 8.55. The lowest BCUT2D eigenvalue weighted by molar-refractivity contribution is -0.139. The van der Waals surface area contributed by atoms with Gasteiger partial charge in [-0.05, 0) is 6.92 Å². The Labute approximate surface area is 211 Å². The van der Waals surface area contributed by atoms with Crippen molar-refractivity contribution in [3.05, 3.63) is 12.4 Å². The quantitative estimate of drug-likeness (QED) is 0.465. The first-order valence-electron chi connectivity index (χ1n) is 11.8. The molecule has 4 heterocycles. The molecule has 0 radical (unpaired) electrons. The molecular weight excluding hydrogens is 493 g/mol. The summed E-state index contributed by atoms with van der Waals surface area (Å²) in [4.78, 5) is 38.8. The van der Waals surface area contributed by atoms with Crippen molar-refractivity contribution in [3.8, 4) is 11.4 Å². The van der Waals surface area contributed by atoms with Crippen LogP contribution < -0.4 is 15.5 Å². The van der Waals surface area contributed by atoms with Crippen molar-refractivity contribution in [2.45, 2.75) is 26.6 Å². The summed E-state index contributed by atoms with van der Waals surface area (Å²) in [5.41, 5.74) is 6.28. The first kappa shape index (κ1) is 26.3. The minimum atomic E-state index is -4.53. The molecule has 0 saturated carbocycles. The summed E-state index contributed by atoms with van der Waals surface area (Å²) in [6.07, 6.45) is -1.68. The average molecular weight is 523 g/mol. The van der Waals surface area contributed by atoms with E-state index in [0.717, 1.165) is 4.57 Å². The smallest absolute Gasteiger partial charge is 0.383 e. The number of nitrogens with two attached hydrogens (primary N) is 1. The SMILES string of the molecule is CCN(CCOC)c1nc(-c2cnc(N)nc2)nc2c1nc(N1CCN(C(C)=O)CC1)n2CC(F)(F)F. The Morgan fingerprint density at radius 2 is 1.81 bits per heavy atom. The van der Waals surface area contributed by atoms with Crippen LogP contribution in [-0.4, -0.2) is 99.5 Å². The topological polar surface area (TPSA) is 131 Å². The fourth-order valence-electron chi connectivity index (χ4n) is 4.18. The molecule has 200 valence electrons. The summed E-state index contributed by atoms with van der Waals surface area (Å²) in [5, 5.41) is 0. The number of ether oxygens (including phenoxy) is 1. The Morgan fingerprint density at radius 1 is 1.14 bits per heavy atom. The molecule has 1 saturated heterocycles. The number of likely N-dealkylation sites (N-methyl/N-ethyl adjacent to an activating group) is 1. The van der Waals surface area contributed by atoms with Crippen molar-refractivity contribution >= 4 is 34.8 Å². The van der Waals surface area contributed by atoms with Gasteiger partial charge in [-0.1, -0.05) is 0 Å². The zero-order chi connectivity index (χ0) is 26.7. The molecule has 15 heteroatoms. The second-order valence-corrected chi connectivity index (χ2v) is 8.55. The van der Waals surface area contributed by atoms with Gasteiger partial charge in [0.2, 0.25) is 17.8 Å². The predicted octanol–water partition coefficient (Wildman–Crippen LogP) is 1.57. The maximum Gasteiger partial charge on any atom is 0.406 e. The van der Waals surface area contributed by atoms with Crippen LogP contribution >= 0.6 is 0 Å². The number of anilines is 3. The summed E-state index contributed by atoms with van der Waals surface area (Å²) < 4.78 is 47.7. The molecular formula is C22H29F3N10O2. The molecule has 0 aliphatic carbocycles. The zero-order valence-electron chi connectivity index (χ0n) is 20.9. The van der Waals surface area contributed by atoms with Crippen LogP contribution in [0.2, 0.25) is 0 Å². The van der Waals surface area contributed by atoms with Crippen LogP contribution in [0.5, 0.6) is 0 Å². The van der Waals surface area contributed by atoms with Gasteiger partial charge >= 0.3 is 6.18 Å². The van der Waals surface area contributed by atoms with Crippen LogP contribution in [-0.2, 0) is 16.1 Å². The normalized spacial score (nSPS) is 14.4. The highest BCUT2D eigenvalue weighted by atomic mass is 19.4. The van der Waals surface area contributed by atoms with E-state index in [-0.39, 0.29) is 34.8 Å².